The molecule has 0 saturated carbocycles. The molecule has 0 atom stereocenters. The molecule has 2 aromatic carbocycles. The van der Waals surface area contributed by atoms with E-state index in [2.05, 4.69) is 15.9 Å². The summed E-state index contributed by atoms with van der Waals surface area (Å²) in [5, 5.41) is 9.09. The molecule has 0 radical (unpaired) electrons. The van der Waals surface area contributed by atoms with Gasteiger partial charge in [-0.15, -0.1) is 0 Å². The summed E-state index contributed by atoms with van der Waals surface area (Å²) in [7, 11) is 1.45. The molecule has 0 fully saturated rings. The molecule has 0 saturated heterocycles. The van der Waals surface area contributed by atoms with E-state index >= 15 is 4.39 Å². The lowest BCUT2D eigenvalue weighted by Crippen LogP contribution is -2.29. The Morgan fingerprint density at radius 2 is 1.96 bits per heavy atom. The molecule has 0 aliphatic rings. The second-order valence-corrected chi connectivity index (χ2v) is 5.40. The lowest BCUT2D eigenvalue weighted by Gasteiger charge is -2.14. The summed E-state index contributed by atoms with van der Waals surface area (Å²) >= 11 is 0. The highest BCUT2D eigenvalue weighted by Crippen LogP contribution is 2.39. The van der Waals surface area contributed by atoms with Gasteiger partial charge >= 0.3 is 0 Å². The number of hydrogen-bond donors (Lipinski definition) is 3. The number of aromatic nitrogens is 1. The zero-order valence-corrected chi connectivity index (χ0v) is 14.4. The molecule has 8 heteroatoms. The van der Waals surface area contributed by atoms with Gasteiger partial charge in [0, 0.05) is 0 Å². The standard InChI is InChI=1S/C19H16FN5O2/c1-26-15-6-7-16(27-14-5-8-17(23-11-14)24-25-22)19(20)18(15)13-4-2-3-12(9-13)10-21/h2-9,11,25H,22H2,1H3,(H,23,24). The van der Waals surface area contributed by atoms with E-state index in [-0.39, 0.29) is 11.3 Å². The van der Waals surface area contributed by atoms with E-state index in [9.17, 15) is 0 Å². The molecule has 0 unspecified atom stereocenters. The van der Waals surface area contributed by atoms with Crippen molar-refractivity contribution in [3.8, 4) is 34.4 Å². The van der Waals surface area contributed by atoms with Crippen LogP contribution in [0, 0.1) is 17.1 Å². The number of hydrazine groups is 2. The maximum absolute atomic E-state index is 15.2. The van der Waals surface area contributed by atoms with Gasteiger partial charge in [-0.3, -0.25) is 11.3 Å². The number of nitrogens with zero attached hydrogens (tertiary/aromatic N) is 2. The van der Waals surface area contributed by atoms with E-state index in [0.717, 1.165) is 0 Å². The maximum atomic E-state index is 15.2. The van der Waals surface area contributed by atoms with Crippen LogP contribution in [-0.4, -0.2) is 12.1 Å². The van der Waals surface area contributed by atoms with Crippen LogP contribution >= 0.6 is 0 Å². The minimum Gasteiger partial charge on any atom is -0.496 e. The molecule has 0 spiro atoms. The molecule has 1 heterocycles. The normalized spacial score (nSPS) is 10.1. The molecule has 1 aromatic heterocycles. The third-order valence-electron chi connectivity index (χ3n) is 3.73. The second-order valence-electron chi connectivity index (χ2n) is 5.40. The van der Waals surface area contributed by atoms with Gasteiger partial charge in [0.05, 0.1) is 30.5 Å². The largest absolute Gasteiger partial charge is 0.496 e. The van der Waals surface area contributed by atoms with E-state index in [1.165, 1.54) is 19.4 Å². The van der Waals surface area contributed by atoms with Crippen LogP contribution in [0.5, 0.6) is 17.2 Å². The third kappa shape index (κ3) is 3.95. The molecule has 4 N–H and O–H groups in total. The molecule has 7 nitrogen and oxygen atoms in total. The second kappa shape index (κ2) is 8.14. The monoisotopic (exact) mass is 365 g/mol. The molecule has 0 aliphatic carbocycles. The van der Waals surface area contributed by atoms with Crippen LogP contribution in [0.2, 0.25) is 0 Å². The Labute approximate surface area is 155 Å². The molecule has 0 aliphatic heterocycles. The number of anilines is 1. The molecular formula is C19H16FN5O2. The van der Waals surface area contributed by atoms with Crippen molar-refractivity contribution in [1.82, 2.24) is 10.5 Å². The Balaban J connectivity index is 1.99. The van der Waals surface area contributed by atoms with E-state index in [1.54, 1.807) is 42.5 Å². The van der Waals surface area contributed by atoms with Crippen molar-refractivity contribution in [3.63, 3.8) is 0 Å². The number of nitriles is 1. The van der Waals surface area contributed by atoms with Crippen LogP contribution in [0.15, 0.2) is 54.7 Å². The lowest BCUT2D eigenvalue weighted by molar-refractivity contribution is 0.404. The summed E-state index contributed by atoms with van der Waals surface area (Å²) in [6.07, 6.45) is 1.43. The quantitative estimate of drug-likeness (QED) is 0.454. The average Bonchev–Trinajstić information content (AvgIpc) is 2.71. The Hall–Kier alpha value is -3.67. The van der Waals surface area contributed by atoms with E-state index in [0.29, 0.717) is 28.4 Å². The fourth-order valence-electron chi connectivity index (χ4n) is 2.52. The number of nitrogens with one attached hydrogen (secondary N) is 2. The van der Waals surface area contributed by atoms with E-state index < -0.39 is 5.82 Å². The van der Waals surface area contributed by atoms with Crippen LogP contribution in [0.4, 0.5) is 10.2 Å². The smallest absolute Gasteiger partial charge is 0.177 e. The summed E-state index contributed by atoms with van der Waals surface area (Å²) in [5.41, 5.74) is 6.02. The minimum absolute atomic E-state index is 0.00706. The van der Waals surface area contributed by atoms with Crippen molar-refractivity contribution in [2.75, 3.05) is 12.5 Å². The number of benzene rings is 2. The Kier molecular flexibility index (Phi) is 5.47. The molecule has 3 aromatic rings. The number of hydrogen-bond acceptors (Lipinski definition) is 7. The van der Waals surface area contributed by atoms with Gasteiger partial charge in [0.15, 0.2) is 11.6 Å². The zero-order chi connectivity index (χ0) is 19.2. The predicted molar refractivity (Wildman–Crippen MR) is 98.4 cm³/mol. The first-order chi connectivity index (χ1) is 13.2. The van der Waals surface area contributed by atoms with Crippen molar-refractivity contribution in [2.24, 2.45) is 5.84 Å². The number of pyridine rings is 1. The summed E-state index contributed by atoms with van der Waals surface area (Å²) in [5.74, 6) is 5.71. The fourth-order valence-corrected chi connectivity index (χ4v) is 2.52. The summed E-state index contributed by atoms with van der Waals surface area (Å²) in [6.45, 7) is 0. The first-order valence-electron chi connectivity index (χ1n) is 7.89. The molecule has 3 rings (SSSR count). The Morgan fingerprint density at radius 3 is 2.63 bits per heavy atom. The maximum Gasteiger partial charge on any atom is 0.177 e. The summed E-state index contributed by atoms with van der Waals surface area (Å²) < 4.78 is 26.1. The lowest BCUT2D eigenvalue weighted by atomic mass is 10.0. The highest BCUT2D eigenvalue weighted by Gasteiger charge is 2.18. The van der Waals surface area contributed by atoms with E-state index in [1.807, 2.05) is 6.07 Å². The number of nitrogens with two attached hydrogens (primary N) is 1. The number of ether oxygens (including phenoxy) is 2. The molecule has 0 bridgehead atoms. The van der Waals surface area contributed by atoms with E-state index in [4.69, 9.17) is 20.6 Å². The minimum atomic E-state index is -0.602. The van der Waals surface area contributed by atoms with Gasteiger partial charge in [-0.25, -0.2) is 9.37 Å². The molecule has 136 valence electrons. The Bertz CT molecular complexity index is 986. The van der Waals surface area contributed by atoms with Crippen molar-refractivity contribution >= 4 is 5.82 Å². The molecule has 27 heavy (non-hydrogen) atoms. The van der Waals surface area contributed by atoms with Crippen LogP contribution in [0.1, 0.15) is 5.56 Å². The number of methoxy groups -OCH3 is 1. The number of rotatable bonds is 6. The third-order valence-corrected chi connectivity index (χ3v) is 3.73. The van der Waals surface area contributed by atoms with Gasteiger partial charge in [0.1, 0.15) is 17.3 Å². The van der Waals surface area contributed by atoms with Gasteiger partial charge in [-0.1, -0.05) is 12.1 Å². The summed E-state index contributed by atoms with van der Waals surface area (Å²) in [4.78, 5) is 4.07. The predicted octanol–water partition coefficient (Wildman–Crippen LogP) is 3.35. The Morgan fingerprint density at radius 1 is 1.15 bits per heavy atom. The molecular weight excluding hydrogens is 349 g/mol. The zero-order valence-electron chi connectivity index (χ0n) is 14.4. The van der Waals surface area contributed by atoms with Crippen molar-refractivity contribution < 1.29 is 13.9 Å². The first-order valence-corrected chi connectivity index (χ1v) is 7.89. The van der Waals surface area contributed by atoms with Crippen LogP contribution in [0.25, 0.3) is 11.1 Å². The first kappa shape index (κ1) is 18.1. The SMILES string of the molecule is COc1ccc(Oc2ccc(NNN)nc2)c(F)c1-c1cccc(C#N)c1. The average molecular weight is 365 g/mol. The van der Waals surface area contributed by atoms with Gasteiger partial charge in [0.2, 0.25) is 0 Å². The topological polar surface area (TPSA) is 105 Å². The van der Waals surface area contributed by atoms with Gasteiger partial charge in [-0.2, -0.15) is 10.8 Å². The number of halogens is 1. The van der Waals surface area contributed by atoms with Crippen molar-refractivity contribution in [1.29, 1.82) is 5.26 Å². The highest BCUT2D eigenvalue weighted by molar-refractivity contribution is 5.74. The van der Waals surface area contributed by atoms with Crippen molar-refractivity contribution in [2.45, 2.75) is 0 Å². The highest BCUT2D eigenvalue weighted by atomic mass is 19.1. The fraction of sp³-hybridized carbons (Fsp3) is 0.0526. The van der Waals surface area contributed by atoms with Gasteiger partial charge in [-0.05, 0) is 42.0 Å². The van der Waals surface area contributed by atoms with Gasteiger partial charge < -0.3 is 9.47 Å². The van der Waals surface area contributed by atoms with Crippen LogP contribution in [-0.2, 0) is 0 Å². The van der Waals surface area contributed by atoms with Gasteiger partial charge in [0.25, 0.3) is 0 Å². The van der Waals surface area contributed by atoms with Crippen LogP contribution in [0.3, 0.4) is 0 Å². The van der Waals surface area contributed by atoms with Crippen molar-refractivity contribution in [3.05, 3.63) is 66.1 Å². The summed E-state index contributed by atoms with van der Waals surface area (Å²) in [6, 6.07) is 15.0. The van der Waals surface area contributed by atoms with Crippen LogP contribution < -0.4 is 26.3 Å². The molecule has 0 amide bonds.